The van der Waals surface area contributed by atoms with Crippen LogP contribution in [0.5, 0.6) is 0 Å². The molecule has 0 aromatic heterocycles. The Balaban J connectivity index is 3.84. The predicted molar refractivity (Wildman–Crippen MR) is 69.5 cm³/mol. The van der Waals surface area contributed by atoms with Gasteiger partial charge in [0.1, 0.15) is 0 Å². The number of hydrogen-bond donors (Lipinski definition) is 1. The van der Waals surface area contributed by atoms with Crippen LogP contribution in [0.1, 0.15) is 20.8 Å². The van der Waals surface area contributed by atoms with E-state index in [1.807, 2.05) is 27.9 Å². The third-order valence-corrected chi connectivity index (χ3v) is 5.25. The minimum absolute atomic E-state index is 0.187. The molecule has 16 heavy (non-hydrogen) atoms. The summed E-state index contributed by atoms with van der Waals surface area (Å²) in [6.45, 7) is 7.99. The Hall–Kier alpha value is -0.130. The normalized spacial score (nSPS) is 14.7. The number of rotatable bonds is 8. The zero-order valence-corrected chi connectivity index (χ0v) is 12.0. The molecule has 0 bridgehead atoms. The van der Waals surface area contributed by atoms with Gasteiger partial charge in [-0.25, -0.2) is 8.42 Å². The Kier molecular flexibility index (Phi) is 7.19. The van der Waals surface area contributed by atoms with Gasteiger partial charge in [-0.15, -0.1) is 0 Å². The van der Waals surface area contributed by atoms with Crippen molar-refractivity contribution in [2.45, 2.75) is 26.0 Å². The van der Waals surface area contributed by atoms with Crippen LogP contribution < -0.4 is 5.32 Å². The molecule has 1 atom stereocenters. The van der Waals surface area contributed by atoms with Crippen LogP contribution >= 0.6 is 0 Å². The van der Waals surface area contributed by atoms with Crippen LogP contribution in [0.25, 0.3) is 0 Å². The Morgan fingerprint density at radius 1 is 1.12 bits per heavy atom. The van der Waals surface area contributed by atoms with Gasteiger partial charge in [0, 0.05) is 19.6 Å². The number of nitrogens with zero attached hydrogens (tertiary/aromatic N) is 1. The first-order valence-corrected chi connectivity index (χ1v) is 7.56. The number of nitrogens with one attached hydrogen (secondary N) is 1. The molecule has 4 nitrogen and oxygen atoms in total. The molecule has 0 saturated carbocycles. The second kappa shape index (κ2) is 7.25. The molecule has 0 aliphatic heterocycles. The summed E-state index contributed by atoms with van der Waals surface area (Å²) in [4.78, 5) is 2.07. The maximum Gasteiger partial charge on any atom is 0.154 e. The molecule has 0 rings (SSSR count). The van der Waals surface area contributed by atoms with Crippen molar-refractivity contribution in [3.8, 4) is 0 Å². The van der Waals surface area contributed by atoms with E-state index >= 15 is 0 Å². The molecule has 0 spiro atoms. The Labute approximate surface area is 100 Å². The molecule has 0 radical (unpaired) electrons. The summed E-state index contributed by atoms with van der Waals surface area (Å²) in [5, 5.41) is 2.90. The van der Waals surface area contributed by atoms with Gasteiger partial charge in [0.2, 0.25) is 0 Å². The molecule has 5 heteroatoms. The molecule has 0 heterocycles. The van der Waals surface area contributed by atoms with E-state index in [9.17, 15) is 8.42 Å². The second-order valence-corrected chi connectivity index (χ2v) is 7.35. The summed E-state index contributed by atoms with van der Waals surface area (Å²) in [5.41, 5.74) is 0. The molecule has 0 saturated heterocycles. The largest absolute Gasteiger partial charge is 0.314 e. The molecular weight excluding hydrogens is 224 g/mol. The van der Waals surface area contributed by atoms with E-state index in [-0.39, 0.29) is 16.9 Å². The quantitative estimate of drug-likeness (QED) is 0.641. The molecule has 0 aliphatic carbocycles. The fraction of sp³-hybridized carbons (Fsp3) is 1.00. The maximum absolute atomic E-state index is 11.8. The summed E-state index contributed by atoms with van der Waals surface area (Å²) in [6.07, 6.45) is 0. The highest BCUT2D eigenvalue weighted by Gasteiger charge is 2.22. The van der Waals surface area contributed by atoms with Gasteiger partial charge in [0.15, 0.2) is 9.84 Å². The number of hydrogen-bond acceptors (Lipinski definition) is 4. The average Bonchev–Trinajstić information content (AvgIpc) is 2.15. The zero-order valence-electron chi connectivity index (χ0n) is 11.2. The molecule has 0 fully saturated rings. The van der Waals surface area contributed by atoms with Crippen LogP contribution in [0.2, 0.25) is 0 Å². The Morgan fingerprint density at radius 3 is 2.12 bits per heavy atom. The van der Waals surface area contributed by atoms with E-state index in [1.165, 1.54) is 0 Å². The molecule has 0 aromatic carbocycles. The van der Waals surface area contributed by atoms with E-state index in [1.54, 1.807) is 6.92 Å². The molecule has 0 aliphatic rings. The standard InChI is InChI=1S/C11H26N2O2S/c1-10(2)11(3)16(14,15)9-7-12-6-8-13(4)5/h10-12H,6-9H2,1-5H3. The van der Waals surface area contributed by atoms with Crippen molar-refractivity contribution in [2.75, 3.05) is 39.5 Å². The first kappa shape index (κ1) is 15.9. The minimum atomic E-state index is -2.94. The van der Waals surface area contributed by atoms with Gasteiger partial charge in [0.25, 0.3) is 0 Å². The summed E-state index contributed by atoms with van der Waals surface area (Å²) in [5.74, 6) is 0.423. The fourth-order valence-corrected chi connectivity index (χ4v) is 2.87. The van der Waals surface area contributed by atoms with Crippen molar-refractivity contribution >= 4 is 9.84 Å². The highest BCUT2D eigenvalue weighted by molar-refractivity contribution is 7.92. The Morgan fingerprint density at radius 2 is 1.69 bits per heavy atom. The summed E-state index contributed by atoms with van der Waals surface area (Å²) < 4.78 is 23.6. The lowest BCUT2D eigenvalue weighted by atomic mass is 10.2. The van der Waals surface area contributed by atoms with Crippen molar-refractivity contribution < 1.29 is 8.42 Å². The average molecular weight is 250 g/mol. The van der Waals surface area contributed by atoms with Gasteiger partial charge in [-0.05, 0) is 26.9 Å². The van der Waals surface area contributed by atoms with E-state index in [2.05, 4.69) is 10.2 Å². The Bertz CT molecular complexity index is 274. The van der Waals surface area contributed by atoms with Gasteiger partial charge in [0.05, 0.1) is 11.0 Å². The van der Waals surface area contributed by atoms with Crippen molar-refractivity contribution in [3.63, 3.8) is 0 Å². The summed E-state index contributed by atoms with van der Waals surface area (Å²) in [7, 11) is 1.06. The molecule has 0 aromatic rings. The third kappa shape index (κ3) is 6.45. The predicted octanol–water partition coefficient (Wildman–Crippen LogP) is 0.597. The van der Waals surface area contributed by atoms with Crippen LogP contribution in [0.3, 0.4) is 0 Å². The van der Waals surface area contributed by atoms with E-state index < -0.39 is 9.84 Å². The number of likely N-dealkylation sites (N-methyl/N-ethyl adjacent to an activating group) is 1. The molecule has 1 unspecified atom stereocenters. The van der Waals surface area contributed by atoms with Crippen LogP contribution in [0, 0.1) is 5.92 Å². The summed E-state index contributed by atoms with van der Waals surface area (Å²) >= 11 is 0. The monoisotopic (exact) mass is 250 g/mol. The van der Waals surface area contributed by atoms with Crippen LogP contribution in [-0.2, 0) is 9.84 Å². The molecular formula is C11H26N2O2S. The van der Waals surface area contributed by atoms with Crippen LogP contribution in [-0.4, -0.2) is 58.1 Å². The first-order valence-electron chi connectivity index (χ1n) is 5.84. The van der Waals surface area contributed by atoms with Crippen LogP contribution in [0.4, 0.5) is 0 Å². The number of sulfone groups is 1. The third-order valence-electron chi connectivity index (χ3n) is 2.80. The van der Waals surface area contributed by atoms with Gasteiger partial charge in [-0.1, -0.05) is 13.8 Å². The summed E-state index contributed by atoms with van der Waals surface area (Å²) in [6, 6.07) is 0. The smallest absolute Gasteiger partial charge is 0.154 e. The molecule has 0 amide bonds. The lowest BCUT2D eigenvalue weighted by Gasteiger charge is -2.16. The fourth-order valence-electron chi connectivity index (χ4n) is 1.24. The van der Waals surface area contributed by atoms with E-state index in [0.29, 0.717) is 6.54 Å². The minimum Gasteiger partial charge on any atom is -0.314 e. The zero-order chi connectivity index (χ0) is 12.8. The lowest BCUT2D eigenvalue weighted by Crippen LogP contribution is -2.34. The topological polar surface area (TPSA) is 49.4 Å². The van der Waals surface area contributed by atoms with Crippen LogP contribution in [0.15, 0.2) is 0 Å². The lowest BCUT2D eigenvalue weighted by molar-refractivity contribution is 0.402. The van der Waals surface area contributed by atoms with Gasteiger partial charge < -0.3 is 10.2 Å². The van der Waals surface area contributed by atoms with E-state index in [4.69, 9.17) is 0 Å². The highest BCUT2D eigenvalue weighted by atomic mass is 32.2. The molecule has 1 N–H and O–H groups in total. The maximum atomic E-state index is 11.8. The van der Waals surface area contributed by atoms with Gasteiger partial charge in [-0.2, -0.15) is 0 Å². The van der Waals surface area contributed by atoms with Crippen molar-refractivity contribution in [2.24, 2.45) is 5.92 Å². The van der Waals surface area contributed by atoms with Gasteiger partial charge in [-0.3, -0.25) is 0 Å². The first-order chi connectivity index (χ1) is 7.27. The van der Waals surface area contributed by atoms with Crippen molar-refractivity contribution in [1.29, 1.82) is 0 Å². The van der Waals surface area contributed by atoms with Crippen molar-refractivity contribution in [1.82, 2.24) is 10.2 Å². The second-order valence-electron chi connectivity index (χ2n) is 4.87. The van der Waals surface area contributed by atoms with Gasteiger partial charge >= 0.3 is 0 Å². The van der Waals surface area contributed by atoms with E-state index in [0.717, 1.165) is 13.1 Å². The van der Waals surface area contributed by atoms with Crippen molar-refractivity contribution in [3.05, 3.63) is 0 Å². The highest BCUT2D eigenvalue weighted by Crippen LogP contribution is 2.11. The molecule has 98 valence electrons. The SMILES string of the molecule is CC(C)C(C)S(=O)(=O)CCNCCN(C)C.